The van der Waals surface area contributed by atoms with Gasteiger partial charge in [0.05, 0.1) is 12.6 Å². The highest BCUT2D eigenvalue weighted by molar-refractivity contribution is 5.72. The zero-order chi connectivity index (χ0) is 10.4. The van der Waals surface area contributed by atoms with Gasteiger partial charge in [0, 0.05) is 7.11 Å². The van der Waals surface area contributed by atoms with E-state index in [0.29, 0.717) is 6.61 Å². The first kappa shape index (κ1) is 10.5. The topological polar surface area (TPSA) is 64.3 Å². The van der Waals surface area contributed by atoms with Crippen molar-refractivity contribution in [3.63, 3.8) is 0 Å². The minimum atomic E-state index is -0.545. The number of methoxy groups -OCH3 is 1. The van der Waals surface area contributed by atoms with E-state index >= 15 is 0 Å². The van der Waals surface area contributed by atoms with Crippen LogP contribution in [-0.2, 0) is 4.74 Å². The standard InChI is InChI=1S/C10H14N2O2/c1-14-7-9(12-10(11)13)8-5-3-2-4-6-8/h2-6,9H,7H2,1H3,(H3,11,12,13). The van der Waals surface area contributed by atoms with Crippen molar-refractivity contribution in [2.75, 3.05) is 13.7 Å². The third kappa shape index (κ3) is 3.06. The van der Waals surface area contributed by atoms with Crippen molar-refractivity contribution < 1.29 is 9.53 Å². The molecule has 76 valence electrons. The first-order chi connectivity index (χ1) is 6.74. The number of carbonyl (C=O) groups is 1. The van der Waals surface area contributed by atoms with Crippen molar-refractivity contribution >= 4 is 6.03 Å². The molecule has 14 heavy (non-hydrogen) atoms. The van der Waals surface area contributed by atoms with Gasteiger partial charge in [0.15, 0.2) is 0 Å². The Morgan fingerprint density at radius 3 is 2.64 bits per heavy atom. The molecule has 0 aromatic heterocycles. The van der Waals surface area contributed by atoms with Gasteiger partial charge in [-0.2, -0.15) is 0 Å². The number of urea groups is 1. The van der Waals surface area contributed by atoms with Gasteiger partial charge in [-0.15, -0.1) is 0 Å². The Hall–Kier alpha value is -1.55. The lowest BCUT2D eigenvalue weighted by atomic mass is 10.1. The second-order valence-electron chi connectivity index (χ2n) is 2.93. The highest BCUT2D eigenvalue weighted by atomic mass is 16.5. The molecule has 0 fully saturated rings. The van der Waals surface area contributed by atoms with Gasteiger partial charge < -0.3 is 15.8 Å². The van der Waals surface area contributed by atoms with E-state index in [1.54, 1.807) is 7.11 Å². The molecule has 0 heterocycles. The fraction of sp³-hybridized carbons (Fsp3) is 0.300. The summed E-state index contributed by atoms with van der Waals surface area (Å²) in [5, 5.41) is 2.61. The van der Waals surface area contributed by atoms with Crippen LogP contribution >= 0.6 is 0 Å². The molecule has 0 saturated heterocycles. The van der Waals surface area contributed by atoms with E-state index in [1.807, 2.05) is 30.3 Å². The number of rotatable bonds is 4. The van der Waals surface area contributed by atoms with Gasteiger partial charge in [0.2, 0.25) is 0 Å². The van der Waals surface area contributed by atoms with Crippen molar-refractivity contribution in [2.24, 2.45) is 5.73 Å². The molecule has 0 aliphatic carbocycles. The number of hydrogen-bond donors (Lipinski definition) is 2. The minimum absolute atomic E-state index is 0.182. The van der Waals surface area contributed by atoms with Gasteiger partial charge in [-0.3, -0.25) is 0 Å². The highest BCUT2D eigenvalue weighted by Crippen LogP contribution is 2.11. The van der Waals surface area contributed by atoms with Gasteiger partial charge >= 0.3 is 6.03 Å². The van der Waals surface area contributed by atoms with Gasteiger partial charge in [0.1, 0.15) is 0 Å². The normalized spacial score (nSPS) is 12.1. The fourth-order valence-corrected chi connectivity index (χ4v) is 1.24. The summed E-state index contributed by atoms with van der Waals surface area (Å²) in [4.78, 5) is 10.7. The maximum absolute atomic E-state index is 10.7. The predicted molar refractivity (Wildman–Crippen MR) is 53.8 cm³/mol. The molecule has 2 amide bonds. The molecule has 1 aromatic carbocycles. The summed E-state index contributed by atoms with van der Waals surface area (Å²) in [7, 11) is 1.58. The third-order valence-corrected chi connectivity index (χ3v) is 1.85. The number of nitrogens with two attached hydrogens (primary N) is 1. The first-order valence-electron chi connectivity index (χ1n) is 4.34. The molecule has 0 saturated carbocycles. The minimum Gasteiger partial charge on any atom is -0.382 e. The SMILES string of the molecule is COCC(NC(N)=O)c1ccccc1. The van der Waals surface area contributed by atoms with Crippen LogP contribution in [0.1, 0.15) is 11.6 Å². The summed E-state index contributed by atoms with van der Waals surface area (Å²) in [6.45, 7) is 0.410. The smallest absolute Gasteiger partial charge is 0.312 e. The fourth-order valence-electron chi connectivity index (χ4n) is 1.24. The molecule has 1 rings (SSSR count). The Morgan fingerprint density at radius 2 is 2.14 bits per heavy atom. The van der Waals surface area contributed by atoms with Crippen molar-refractivity contribution in [3.05, 3.63) is 35.9 Å². The maximum Gasteiger partial charge on any atom is 0.312 e. The summed E-state index contributed by atoms with van der Waals surface area (Å²) >= 11 is 0. The van der Waals surface area contributed by atoms with Crippen LogP contribution < -0.4 is 11.1 Å². The Labute approximate surface area is 83.1 Å². The number of amides is 2. The Bertz CT molecular complexity index is 287. The molecule has 3 N–H and O–H groups in total. The predicted octanol–water partition coefficient (Wildman–Crippen LogP) is 1.04. The molecular weight excluding hydrogens is 180 g/mol. The second kappa shape index (κ2) is 5.24. The highest BCUT2D eigenvalue weighted by Gasteiger charge is 2.11. The molecule has 0 spiro atoms. The van der Waals surface area contributed by atoms with Crippen LogP contribution in [0.4, 0.5) is 4.79 Å². The van der Waals surface area contributed by atoms with Crippen molar-refractivity contribution in [1.29, 1.82) is 0 Å². The molecule has 4 nitrogen and oxygen atoms in total. The molecule has 1 atom stereocenters. The van der Waals surface area contributed by atoms with Gasteiger partial charge in [0.25, 0.3) is 0 Å². The van der Waals surface area contributed by atoms with Crippen LogP contribution in [-0.4, -0.2) is 19.7 Å². The van der Waals surface area contributed by atoms with E-state index in [2.05, 4.69) is 5.32 Å². The molecule has 0 aliphatic rings. The van der Waals surface area contributed by atoms with Crippen molar-refractivity contribution in [1.82, 2.24) is 5.32 Å². The Kier molecular flexibility index (Phi) is 3.94. The lowest BCUT2D eigenvalue weighted by molar-refractivity contribution is 0.167. The van der Waals surface area contributed by atoms with Crippen molar-refractivity contribution in [2.45, 2.75) is 6.04 Å². The second-order valence-corrected chi connectivity index (χ2v) is 2.93. The average molecular weight is 194 g/mol. The summed E-state index contributed by atoms with van der Waals surface area (Å²) in [6, 6.07) is 8.83. The first-order valence-corrected chi connectivity index (χ1v) is 4.34. The van der Waals surface area contributed by atoms with E-state index in [-0.39, 0.29) is 6.04 Å². The van der Waals surface area contributed by atoms with Crippen molar-refractivity contribution in [3.8, 4) is 0 Å². The van der Waals surface area contributed by atoms with E-state index in [0.717, 1.165) is 5.56 Å². The van der Waals surface area contributed by atoms with Gasteiger partial charge in [-0.1, -0.05) is 30.3 Å². The van der Waals surface area contributed by atoms with Crippen LogP contribution in [0, 0.1) is 0 Å². The average Bonchev–Trinajstić information content (AvgIpc) is 2.18. The molecule has 4 heteroatoms. The zero-order valence-electron chi connectivity index (χ0n) is 8.07. The van der Waals surface area contributed by atoms with Crippen LogP contribution in [0.3, 0.4) is 0 Å². The molecule has 0 bridgehead atoms. The molecule has 0 aliphatic heterocycles. The number of nitrogens with one attached hydrogen (secondary N) is 1. The number of primary amides is 1. The summed E-state index contributed by atoms with van der Waals surface area (Å²) in [5.74, 6) is 0. The lowest BCUT2D eigenvalue weighted by Crippen LogP contribution is -2.35. The van der Waals surface area contributed by atoms with Crippen LogP contribution in [0.15, 0.2) is 30.3 Å². The molecule has 1 unspecified atom stereocenters. The largest absolute Gasteiger partial charge is 0.382 e. The Balaban J connectivity index is 2.72. The summed E-state index contributed by atoms with van der Waals surface area (Å²) in [5.41, 5.74) is 6.04. The quantitative estimate of drug-likeness (QED) is 0.752. The lowest BCUT2D eigenvalue weighted by Gasteiger charge is -2.16. The monoisotopic (exact) mass is 194 g/mol. The van der Waals surface area contributed by atoms with E-state index in [4.69, 9.17) is 10.5 Å². The van der Waals surface area contributed by atoms with Crippen LogP contribution in [0.2, 0.25) is 0 Å². The van der Waals surface area contributed by atoms with Crippen LogP contribution in [0.5, 0.6) is 0 Å². The van der Waals surface area contributed by atoms with E-state index in [9.17, 15) is 4.79 Å². The number of ether oxygens (including phenoxy) is 1. The summed E-state index contributed by atoms with van der Waals surface area (Å²) < 4.78 is 4.99. The number of benzene rings is 1. The molecule has 0 radical (unpaired) electrons. The third-order valence-electron chi connectivity index (χ3n) is 1.85. The number of carbonyl (C=O) groups excluding carboxylic acids is 1. The molecular formula is C10H14N2O2. The van der Waals surface area contributed by atoms with Crippen LogP contribution in [0.25, 0.3) is 0 Å². The van der Waals surface area contributed by atoms with Gasteiger partial charge in [-0.25, -0.2) is 4.79 Å². The summed E-state index contributed by atoms with van der Waals surface area (Å²) in [6.07, 6.45) is 0. The zero-order valence-corrected chi connectivity index (χ0v) is 8.07. The maximum atomic E-state index is 10.7. The van der Waals surface area contributed by atoms with E-state index in [1.165, 1.54) is 0 Å². The molecule has 1 aromatic rings. The number of hydrogen-bond acceptors (Lipinski definition) is 2. The van der Waals surface area contributed by atoms with Gasteiger partial charge in [-0.05, 0) is 5.56 Å². The van der Waals surface area contributed by atoms with E-state index < -0.39 is 6.03 Å². The Morgan fingerprint density at radius 1 is 1.50 bits per heavy atom.